The fourth-order valence-corrected chi connectivity index (χ4v) is 5.54. The van der Waals surface area contributed by atoms with E-state index >= 15 is 0 Å². The van der Waals surface area contributed by atoms with E-state index in [4.69, 9.17) is 0 Å². The smallest absolute Gasteiger partial charge is 0.230 e. The summed E-state index contributed by atoms with van der Waals surface area (Å²) in [4.78, 5) is 13.8. The minimum atomic E-state index is 0.0990. The van der Waals surface area contributed by atoms with E-state index in [0.717, 1.165) is 49.1 Å². The highest BCUT2D eigenvalue weighted by molar-refractivity contribution is 7.99. The molecule has 0 spiro atoms. The molecule has 0 saturated heterocycles. The Balaban J connectivity index is 1.39. The van der Waals surface area contributed by atoms with Crippen molar-refractivity contribution in [2.45, 2.75) is 63.2 Å². The van der Waals surface area contributed by atoms with Crippen LogP contribution in [0.4, 0.5) is 0 Å². The van der Waals surface area contributed by atoms with Crippen LogP contribution in [-0.2, 0) is 24.2 Å². The summed E-state index contributed by atoms with van der Waals surface area (Å²) in [7, 11) is 0. The minimum absolute atomic E-state index is 0.0990. The molecule has 31 heavy (non-hydrogen) atoms. The Labute approximate surface area is 192 Å². The summed E-state index contributed by atoms with van der Waals surface area (Å²) < 4.78 is 2.19. The van der Waals surface area contributed by atoms with Gasteiger partial charge in [-0.3, -0.25) is 4.79 Å². The number of nitrogens with zero attached hydrogens (tertiary/aromatic N) is 3. The Morgan fingerprint density at radius 2 is 1.94 bits per heavy atom. The molecule has 0 radical (unpaired) electrons. The number of hydrogen-bond acceptors (Lipinski definition) is 5. The largest absolute Gasteiger partial charge is 0.353 e. The lowest BCUT2D eigenvalue weighted by Crippen LogP contribution is -2.38. The number of thiophene rings is 1. The van der Waals surface area contributed by atoms with Crippen molar-refractivity contribution in [1.29, 1.82) is 0 Å². The van der Waals surface area contributed by atoms with Gasteiger partial charge in [-0.05, 0) is 55.0 Å². The summed E-state index contributed by atoms with van der Waals surface area (Å²) in [6.07, 6.45) is 6.28. The minimum Gasteiger partial charge on any atom is -0.353 e. The fourth-order valence-electron chi connectivity index (χ4n) is 4.04. The van der Waals surface area contributed by atoms with E-state index < -0.39 is 0 Å². The van der Waals surface area contributed by atoms with Gasteiger partial charge in [0.1, 0.15) is 5.82 Å². The van der Waals surface area contributed by atoms with Crippen molar-refractivity contribution in [3.63, 3.8) is 0 Å². The van der Waals surface area contributed by atoms with Gasteiger partial charge in [-0.25, -0.2) is 0 Å². The molecule has 1 aliphatic carbocycles. The van der Waals surface area contributed by atoms with Crippen LogP contribution in [0.15, 0.2) is 53.0 Å². The molecule has 4 rings (SSSR count). The number of rotatable bonds is 9. The van der Waals surface area contributed by atoms with Crippen LogP contribution < -0.4 is 5.32 Å². The number of benzene rings is 1. The molecule has 0 aliphatic heterocycles. The first-order valence-corrected chi connectivity index (χ1v) is 12.9. The van der Waals surface area contributed by atoms with Gasteiger partial charge in [0.05, 0.1) is 5.75 Å². The second-order valence-corrected chi connectivity index (χ2v) is 10.3. The Morgan fingerprint density at radius 1 is 1.13 bits per heavy atom. The van der Waals surface area contributed by atoms with Gasteiger partial charge in [-0.15, -0.1) is 21.5 Å². The molecule has 164 valence electrons. The van der Waals surface area contributed by atoms with Crippen molar-refractivity contribution in [1.82, 2.24) is 20.1 Å². The average Bonchev–Trinajstić information content (AvgIpc) is 3.43. The Kier molecular flexibility index (Phi) is 7.81. The molecular weight excluding hydrogens is 424 g/mol. The SMILES string of the molecule is CC1CCC(NC(=O)CSc2nnc(Cc3cccs3)n2CCc2ccccc2)CC1. The van der Waals surface area contributed by atoms with Gasteiger partial charge >= 0.3 is 0 Å². The van der Waals surface area contributed by atoms with Crippen molar-refractivity contribution in [2.75, 3.05) is 5.75 Å². The van der Waals surface area contributed by atoms with Gasteiger partial charge in [0.2, 0.25) is 5.91 Å². The summed E-state index contributed by atoms with van der Waals surface area (Å²) in [5, 5.41) is 15.0. The van der Waals surface area contributed by atoms with Gasteiger partial charge in [0.15, 0.2) is 5.16 Å². The van der Waals surface area contributed by atoms with E-state index in [1.807, 2.05) is 6.07 Å². The van der Waals surface area contributed by atoms with Crippen LogP contribution in [0.3, 0.4) is 0 Å². The van der Waals surface area contributed by atoms with Gasteiger partial charge in [0, 0.05) is 23.9 Å². The second-order valence-electron chi connectivity index (χ2n) is 8.36. The number of nitrogens with one attached hydrogen (secondary N) is 1. The topological polar surface area (TPSA) is 59.8 Å². The number of thioether (sulfide) groups is 1. The van der Waals surface area contributed by atoms with Gasteiger partial charge in [0.25, 0.3) is 0 Å². The summed E-state index contributed by atoms with van der Waals surface area (Å²) in [5.41, 5.74) is 1.29. The number of carbonyl (C=O) groups excluding carboxylic acids is 1. The molecule has 0 bridgehead atoms. The maximum absolute atomic E-state index is 12.5. The molecule has 1 N–H and O–H groups in total. The zero-order chi connectivity index (χ0) is 21.5. The van der Waals surface area contributed by atoms with E-state index in [2.05, 4.69) is 68.8 Å². The lowest BCUT2D eigenvalue weighted by molar-refractivity contribution is -0.119. The van der Waals surface area contributed by atoms with Crippen LogP contribution in [-0.4, -0.2) is 32.5 Å². The number of hydrogen-bond donors (Lipinski definition) is 1. The van der Waals surface area contributed by atoms with Crippen LogP contribution in [0, 0.1) is 5.92 Å². The van der Waals surface area contributed by atoms with Crippen LogP contribution in [0.5, 0.6) is 0 Å². The van der Waals surface area contributed by atoms with Crippen molar-refractivity contribution < 1.29 is 4.79 Å². The predicted molar refractivity (Wildman–Crippen MR) is 128 cm³/mol. The zero-order valence-electron chi connectivity index (χ0n) is 18.0. The molecule has 5 nitrogen and oxygen atoms in total. The average molecular weight is 455 g/mol. The maximum Gasteiger partial charge on any atom is 0.230 e. The van der Waals surface area contributed by atoms with Gasteiger partial charge in [-0.2, -0.15) is 0 Å². The van der Waals surface area contributed by atoms with Crippen molar-refractivity contribution in [3.05, 3.63) is 64.1 Å². The zero-order valence-corrected chi connectivity index (χ0v) is 19.6. The maximum atomic E-state index is 12.5. The van der Waals surface area contributed by atoms with E-state index in [1.165, 1.54) is 35.0 Å². The lowest BCUT2D eigenvalue weighted by atomic mass is 9.87. The summed E-state index contributed by atoms with van der Waals surface area (Å²) in [6.45, 7) is 3.10. The number of amides is 1. The number of carbonyl (C=O) groups is 1. The highest BCUT2D eigenvalue weighted by Crippen LogP contribution is 2.24. The van der Waals surface area contributed by atoms with E-state index in [0.29, 0.717) is 11.8 Å². The molecule has 1 saturated carbocycles. The van der Waals surface area contributed by atoms with Gasteiger partial charge in [-0.1, -0.05) is 55.1 Å². The third-order valence-corrected chi connectivity index (χ3v) is 7.73. The van der Waals surface area contributed by atoms with Gasteiger partial charge < -0.3 is 9.88 Å². The van der Waals surface area contributed by atoms with Crippen molar-refractivity contribution in [2.24, 2.45) is 5.92 Å². The molecule has 1 aliphatic rings. The van der Waals surface area contributed by atoms with E-state index in [1.54, 1.807) is 11.3 Å². The quantitative estimate of drug-likeness (QED) is 0.464. The normalized spacial score (nSPS) is 18.7. The molecule has 0 atom stereocenters. The first kappa shape index (κ1) is 22.1. The third-order valence-electron chi connectivity index (χ3n) is 5.89. The van der Waals surface area contributed by atoms with Crippen LogP contribution in [0.2, 0.25) is 0 Å². The molecule has 3 aromatic rings. The molecule has 7 heteroatoms. The monoisotopic (exact) mass is 454 g/mol. The van der Waals surface area contributed by atoms with Crippen molar-refractivity contribution in [3.8, 4) is 0 Å². The Morgan fingerprint density at radius 3 is 2.68 bits per heavy atom. The van der Waals surface area contributed by atoms with Crippen LogP contribution in [0.1, 0.15) is 48.9 Å². The lowest BCUT2D eigenvalue weighted by Gasteiger charge is -2.26. The molecule has 1 amide bonds. The third kappa shape index (κ3) is 6.43. The molecule has 2 aromatic heterocycles. The first-order valence-electron chi connectivity index (χ1n) is 11.1. The van der Waals surface area contributed by atoms with E-state index in [-0.39, 0.29) is 5.91 Å². The predicted octanol–water partition coefficient (Wildman–Crippen LogP) is 4.96. The summed E-state index contributed by atoms with van der Waals surface area (Å²) in [5.74, 6) is 2.23. The van der Waals surface area contributed by atoms with Crippen molar-refractivity contribution >= 4 is 29.0 Å². The number of aromatic nitrogens is 3. The van der Waals surface area contributed by atoms with Crippen LogP contribution >= 0.6 is 23.1 Å². The highest BCUT2D eigenvalue weighted by atomic mass is 32.2. The second kappa shape index (κ2) is 11.0. The van der Waals surface area contributed by atoms with Crippen LogP contribution in [0.25, 0.3) is 0 Å². The molecular formula is C24H30N4OS2. The fraction of sp³-hybridized carbons (Fsp3) is 0.458. The Hall–Kier alpha value is -2.12. The summed E-state index contributed by atoms with van der Waals surface area (Å²) in [6, 6.07) is 15.0. The Bertz CT molecular complexity index is 947. The molecule has 1 aromatic carbocycles. The first-order chi connectivity index (χ1) is 15.2. The molecule has 0 unspecified atom stereocenters. The standard InChI is InChI=1S/C24H30N4OS2/c1-18-9-11-20(12-10-18)25-23(29)17-31-24-27-26-22(16-21-8-5-15-30-21)28(24)14-13-19-6-3-2-4-7-19/h2-8,15,18,20H,9-14,16-17H2,1H3,(H,25,29). The summed E-state index contributed by atoms with van der Waals surface area (Å²) >= 11 is 3.23. The molecule has 1 fully saturated rings. The number of aryl methyl sites for hydroxylation is 1. The highest BCUT2D eigenvalue weighted by Gasteiger charge is 2.21. The molecule has 2 heterocycles. The van der Waals surface area contributed by atoms with E-state index in [9.17, 15) is 4.79 Å².